The zero-order valence-electron chi connectivity index (χ0n) is 16.9. The van der Waals surface area contributed by atoms with Crippen LogP contribution < -0.4 is 19.7 Å². The van der Waals surface area contributed by atoms with Crippen LogP contribution >= 0.6 is 11.3 Å². The van der Waals surface area contributed by atoms with Gasteiger partial charge in [0.2, 0.25) is 0 Å². The third kappa shape index (κ3) is 4.24. The van der Waals surface area contributed by atoms with Crippen LogP contribution in [0.3, 0.4) is 0 Å². The van der Waals surface area contributed by atoms with E-state index in [0.29, 0.717) is 35.3 Å². The molecule has 2 aromatic heterocycles. The van der Waals surface area contributed by atoms with E-state index >= 15 is 0 Å². The Morgan fingerprint density at radius 2 is 1.97 bits per heavy atom. The number of anilines is 2. The van der Waals surface area contributed by atoms with Crippen molar-refractivity contribution in [1.29, 1.82) is 0 Å². The number of nitrogens with zero attached hydrogens (tertiary/aromatic N) is 2. The standard InChI is InChI=1S/C22H23N3O4S/c1-27-15-6-7-18(19(13-15)28-2)24-21(26)20-14-16(17-5-3-4-8-23-17)22(30-20)25-9-11-29-12-10-25/h3-8,13-14H,9-12H2,1-2H3,(H,24,26). The van der Waals surface area contributed by atoms with Gasteiger partial charge in [0, 0.05) is 30.9 Å². The predicted molar refractivity (Wildman–Crippen MR) is 118 cm³/mol. The molecule has 156 valence electrons. The van der Waals surface area contributed by atoms with Crippen molar-refractivity contribution < 1.29 is 19.0 Å². The minimum atomic E-state index is -0.194. The van der Waals surface area contributed by atoms with Crippen LogP contribution in [0.25, 0.3) is 11.3 Å². The second-order valence-corrected chi connectivity index (χ2v) is 7.69. The molecule has 7 nitrogen and oxygen atoms in total. The predicted octanol–water partition coefficient (Wildman–Crippen LogP) is 3.92. The van der Waals surface area contributed by atoms with Crippen molar-refractivity contribution in [3.63, 3.8) is 0 Å². The topological polar surface area (TPSA) is 72.9 Å². The van der Waals surface area contributed by atoms with E-state index in [-0.39, 0.29) is 5.91 Å². The van der Waals surface area contributed by atoms with Gasteiger partial charge >= 0.3 is 0 Å². The van der Waals surface area contributed by atoms with Crippen molar-refractivity contribution in [2.24, 2.45) is 0 Å². The first kappa shape index (κ1) is 20.2. The van der Waals surface area contributed by atoms with Crippen LogP contribution in [0.4, 0.5) is 10.7 Å². The molecule has 0 bridgehead atoms. The molecule has 0 radical (unpaired) electrons. The fourth-order valence-corrected chi connectivity index (χ4v) is 4.40. The summed E-state index contributed by atoms with van der Waals surface area (Å²) < 4.78 is 16.1. The van der Waals surface area contributed by atoms with Crippen LogP contribution in [0.1, 0.15) is 9.67 Å². The summed E-state index contributed by atoms with van der Waals surface area (Å²) in [6.45, 7) is 2.91. The molecule has 1 aliphatic heterocycles. The summed E-state index contributed by atoms with van der Waals surface area (Å²) in [6.07, 6.45) is 1.76. The number of hydrogen-bond donors (Lipinski definition) is 1. The lowest BCUT2D eigenvalue weighted by atomic mass is 10.1. The second kappa shape index (κ2) is 9.15. The van der Waals surface area contributed by atoms with E-state index in [1.54, 1.807) is 38.6 Å². The number of rotatable bonds is 6. The molecule has 0 spiro atoms. The van der Waals surface area contributed by atoms with Crippen molar-refractivity contribution in [3.05, 3.63) is 53.5 Å². The molecule has 0 saturated carbocycles. The Morgan fingerprint density at radius 3 is 2.67 bits per heavy atom. The number of morpholine rings is 1. The molecule has 1 N–H and O–H groups in total. The Bertz CT molecular complexity index is 1020. The number of benzene rings is 1. The van der Waals surface area contributed by atoms with E-state index < -0.39 is 0 Å². The zero-order chi connectivity index (χ0) is 20.9. The van der Waals surface area contributed by atoms with Crippen LogP contribution in [-0.2, 0) is 4.74 Å². The van der Waals surface area contributed by atoms with Gasteiger partial charge in [0.1, 0.15) is 16.5 Å². The van der Waals surface area contributed by atoms with Crippen LogP contribution in [-0.4, -0.2) is 51.4 Å². The summed E-state index contributed by atoms with van der Waals surface area (Å²) in [6, 6.07) is 13.0. The third-order valence-corrected chi connectivity index (χ3v) is 6.03. The number of hydrogen-bond acceptors (Lipinski definition) is 7. The quantitative estimate of drug-likeness (QED) is 0.645. The number of amides is 1. The monoisotopic (exact) mass is 425 g/mol. The highest BCUT2D eigenvalue weighted by Crippen LogP contribution is 2.39. The first-order chi connectivity index (χ1) is 14.7. The molecule has 0 unspecified atom stereocenters. The number of ether oxygens (including phenoxy) is 3. The van der Waals surface area contributed by atoms with Gasteiger partial charge in [-0.1, -0.05) is 6.07 Å². The van der Waals surface area contributed by atoms with Gasteiger partial charge in [0.25, 0.3) is 5.91 Å². The van der Waals surface area contributed by atoms with Crippen LogP contribution in [0, 0.1) is 0 Å². The van der Waals surface area contributed by atoms with E-state index in [2.05, 4.69) is 15.2 Å². The first-order valence-corrected chi connectivity index (χ1v) is 10.4. The second-order valence-electron chi connectivity index (χ2n) is 6.66. The highest BCUT2D eigenvalue weighted by Gasteiger charge is 2.23. The average molecular weight is 426 g/mol. The highest BCUT2D eigenvalue weighted by atomic mass is 32.1. The minimum absolute atomic E-state index is 0.194. The lowest BCUT2D eigenvalue weighted by molar-refractivity contribution is 0.103. The van der Waals surface area contributed by atoms with Gasteiger partial charge in [-0.15, -0.1) is 11.3 Å². The van der Waals surface area contributed by atoms with Crippen LogP contribution in [0.15, 0.2) is 48.7 Å². The van der Waals surface area contributed by atoms with Crippen molar-refractivity contribution in [2.75, 3.05) is 50.7 Å². The normalized spacial score (nSPS) is 13.7. The van der Waals surface area contributed by atoms with Gasteiger partial charge in [-0.2, -0.15) is 0 Å². The van der Waals surface area contributed by atoms with E-state index in [1.165, 1.54) is 11.3 Å². The van der Waals surface area contributed by atoms with Crippen molar-refractivity contribution >= 4 is 27.9 Å². The Hall–Kier alpha value is -3.10. The van der Waals surface area contributed by atoms with E-state index in [4.69, 9.17) is 14.2 Å². The summed E-state index contributed by atoms with van der Waals surface area (Å²) in [4.78, 5) is 20.4. The fourth-order valence-electron chi connectivity index (χ4n) is 3.29. The van der Waals surface area contributed by atoms with E-state index in [9.17, 15) is 4.79 Å². The minimum Gasteiger partial charge on any atom is -0.497 e. The SMILES string of the molecule is COc1ccc(NC(=O)c2cc(-c3ccccn3)c(N3CCOCC3)s2)c(OC)c1. The molecule has 1 amide bonds. The molecular formula is C22H23N3O4S. The Balaban J connectivity index is 1.65. The lowest BCUT2D eigenvalue weighted by Gasteiger charge is -2.28. The maximum atomic E-state index is 13.1. The smallest absolute Gasteiger partial charge is 0.265 e. The molecule has 30 heavy (non-hydrogen) atoms. The maximum Gasteiger partial charge on any atom is 0.265 e. The Labute approximate surface area is 179 Å². The van der Waals surface area contributed by atoms with Crippen LogP contribution in [0.5, 0.6) is 11.5 Å². The lowest BCUT2D eigenvalue weighted by Crippen LogP contribution is -2.35. The first-order valence-electron chi connectivity index (χ1n) is 9.61. The molecule has 0 atom stereocenters. The van der Waals surface area contributed by atoms with Crippen LogP contribution in [0.2, 0.25) is 0 Å². The van der Waals surface area contributed by atoms with Crippen molar-refractivity contribution in [2.45, 2.75) is 0 Å². The molecule has 1 aliphatic rings. The Morgan fingerprint density at radius 1 is 1.13 bits per heavy atom. The molecule has 0 aliphatic carbocycles. The molecule has 8 heteroatoms. The van der Waals surface area contributed by atoms with Gasteiger partial charge in [-0.05, 0) is 30.3 Å². The molecule has 3 heterocycles. The average Bonchev–Trinajstić information content (AvgIpc) is 3.26. The van der Waals surface area contributed by atoms with Gasteiger partial charge in [0.15, 0.2) is 0 Å². The van der Waals surface area contributed by atoms with Crippen molar-refractivity contribution in [1.82, 2.24) is 4.98 Å². The zero-order valence-corrected chi connectivity index (χ0v) is 17.7. The maximum absolute atomic E-state index is 13.1. The molecule has 4 rings (SSSR count). The number of pyridine rings is 1. The summed E-state index contributed by atoms with van der Waals surface area (Å²) in [7, 11) is 3.15. The van der Waals surface area contributed by atoms with E-state index in [0.717, 1.165) is 29.3 Å². The number of nitrogens with one attached hydrogen (secondary N) is 1. The molecule has 1 fully saturated rings. The third-order valence-electron chi connectivity index (χ3n) is 4.83. The molecular weight excluding hydrogens is 402 g/mol. The summed E-state index contributed by atoms with van der Waals surface area (Å²) in [5.41, 5.74) is 2.38. The molecule has 3 aromatic rings. The highest BCUT2D eigenvalue weighted by molar-refractivity contribution is 7.18. The number of carbonyl (C=O) groups is 1. The van der Waals surface area contributed by atoms with Crippen molar-refractivity contribution in [3.8, 4) is 22.8 Å². The largest absolute Gasteiger partial charge is 0.497 e. The summed E-state index contributed by atoms with van der Waals surface area (Å²) in [5.74, 6) is 1.01. The molecule has 1 aromatic carbocycles. The molecule has 1 saturated heterocycles. The Kier molecular flexibility index (Phi) is 6.15. The summed E-state index contributed by atoms with van der Waals surface area (Å²) in [5, 5.41) is 3.98. The van der Waals surface area contributed by atoms with Gasteiger partial charge in [-0.3, -0.25) is 9.78 Å². The number of carbonyl (C=O) groups excluding carboxylic acids is 1. The number of thiophene rings is 1. The van der Waals surface area contributed by atoms with E-state index in [1.807, 2.05) is 24.3 Å². The number of methoxy groups -OCH3 is 2. The number of aromatic nitrogens is 1. The van der Waals surface area contributed by atoms with Gasteiger partial charge < -0.3 is 24.4 Å². The summed E-state index contributed by atoms with van der Waals surface area (Å²) >= 11 is 1.46. The van der Waals surface area contributed by atoms with Gasteiger partial charge in [0.05, 0.1) is 43.7 Å². The van der Waals surface area contributed by atoms with Gasteiger partial charge in [-0.25, -0.2) is 0 Å². The fraction of sp³-hybridized carbons (Fsp3) is 0.273.